The Bertz CT molecular complexity index is 159. The van der Waals surface area contributed by atoms with Crippen molar-refractivity contribution in [1.82, 2.24) is 5.32 Å². The quantitative estimate of drug-likeness (QED) is 0.518. The maximum atomic E-state index is 11.4. The Hall–Kier alpha value is -0.240. The van der Waals surface area contributed by atoms with E-state index in [9.17, 15) is 4.79 Å². The fraction of sp³-hybridized carbons (Fsp3) is 0.909. The monoisotopic (exact) mass is 219 g/mol. The minimum absolute atomic E-state index is 0.147. The van der Waals surface area contributed by atoms with Gasteiger partial charge in [0.25, 0.3) is 0 Å². The van der Waals surface area contributed by atoms with Gasteiger partial charge in [-0.25, -0.2) is 0 Å². The zero-order valence-electron chi connectivity index (χ0n) is 9.48. The van der Waals surface area contributed by atoms with Crippen molar-refractivity contribution in [2.45, 2.75) is 51.8 Å². The highest BCUT2D eigenvalue weighted by Crippen LogP contribution is 2.05. The van der Waals surface area contributed by atoms with E-state index >= 15 is 0 Å². The van der Waals surface area contributed by atoms with Crippen LogP contribution in [-0.4, -0.2) is 17.8 Å². The lowest BCUT2D eigenvalue weighted by atomic mass is 10.1. The first-order chi connectivity index (χ1) is 6.57. The third-order valence-electron chi connectivity index (χ3n) is 2.25. The molecular formula is C11H22ClNO. The highest BCUT2D eigenvalue weighted by Gasteiger charge is 2.10. The Morgan fingerprint density at radius 2 is 2.00 bits per heavy atom. The average Bonchev–Trinajstić information content (AvgIpc) is 2.12. The van der Waals surface area contributed by atoms with Crippen LogP contribution in [0.4, 0.5) is 0 Å². The van der Waals surface area contributed by atoms with Crippen molar-refractivity contribution >= 4 is 17.5 Å². The third kappa shape index (κ3) is 7.19. The van der Waals surface area contributed by atoms with Crippen LogP contribution in [0.5, 0.6) is 0 Å². The summed E-state index contributed by atoms with van der Waals surface area (Å²) in [5, 5.41) is 3.13. The standard InChI is InChI=1S/C11H22ClNO/c1-4-6-9(2)11(14)13-8-5-7-10(3)12/h9-10H,4-8H2,1-3H3,(H,13,14). The molecule has 0 saturated heterocycles. The molecule has 0 radical (unpaired) electrons. The van der Waals surface area contributed by atoms with Crippen molar-refractivity contribution in [2.24, 2.45) is 5.92 Å². The van der Waals surface area contributed by atoms with Crippen molar-refractivity contribution in [3.63, 3.8) is 0 Å². The second kappa shape index (κ2) is 8.10. The van der Waals surface area contributed by atoms with Crippen molar-refractivity contribution in [3.05, 3.63) is 0 Å². The molecule has 0 bridgehead atoms. The van der Waals surface area contributed by atoms with Gasteiger partial charge in [0.1, 0.15) is 0 Å². The fourth-order valence-corrected chi connectivity index (χ4v) is 1.49. The Kier molecular flexibility index (Phi) is 7.96. The van der Waals surface area contributed by atoms with Crippen LogP contribution in [0.25, 0.3) is 0 Å². The second-order valence-corrected chi connectivity index (χ2v) is 4.65. The van der Waals surface area contributed by atoms with Gasteiger partial charge >= 0.3 is 0 Å². The Balaban J connectivity index is 3.44. The lowest BCUT2D eigenvalue weighted by Crippen LogP contribution is -2.30. The van der Waals surface area contributed by atoms with E-state index in [4.69, 9.17) is 11.6 Å². The van der Waals surface area contributed by atoms with Gasteiger partial charge in [-0.3, -0.25) is 4.79 Å². The summed E-state index contributed by atoms with van der Waals surface area (Å²) in [5.74, 6) is 0.322. The summed E-state index contributed by atoms with van der Waals surface area (Å²) in [7, 11) is 0. The number of nitrogens with one attached hydrogen (secondary N) is 1. The van der Waals surface area contributed by atoms with Crippen LogP contribution in [0.15, 0.2) is 0 Å². The van der Waals surface area contributed by atoms with Crippen molar-refractivity contribution in [2.75, 3.05) is 6.54 Å². The van der Waals surface area contributed by atoms with Gasteiger partial charge in [-0.15, -0.1) is 11.6 Å². The topological polar surface area (TPSA) is 29.1 Å². The normalized spacial score (nSPS) is 14.9. The van der Waals surface area contributed by atoms with Crippen LogP contribution < -0.4 is 5.32 Å². The van der Waals surface area contributed by atoms with Gasteiger partial charge in [0.05, 0.1) is 0 Å². The predicted octanol–water partition coefficient (Wildman–Crippen LogP) is 2.95. The van der Waals surface area contributed by atoms with E-state index < -0.39 is 0 Å². The fourth-order valence-electron chi connectivity index (χ4n) is 1.33. The van der Waals surface area contributed by atoms with E-state index in [-0.39, 0.29) is 17.2 Å². The first kappa shape index (κ1) is 13.8. The Labute approximate surface area is 92.4 Å². The average molecular weight is 220 g/mol. The molecule has 0 heterocycles. The van der Waals surface area contributed by atoms with Gasteiger partial charge in [0, 0.05) is 17.8 Å². The van der Waals surface area contributed by atoms with E-state index in [1.165, 1.54) is 0 Å². The molecule has 0 aliphatic carbocycles. The van der Waals surface area contributed by atoms with Crippen LogP contribution in [0.3, 0.4) is 0 Å². The van der Waals surface area contributed by atoms with Crippen LogP contribution in [0.1, 0.15) is 46.5 Å². The van der Waals surface area contributed by atoms with Gasteiger partial charge in [-0.2, -0.15) is 0 Å². The molecule has 0 saturated carbocycles. The first-order valence-corrected chi connectivity index (χ1v) is 5.93. The Morgan fingerprint density at radius 3 is 2.50 bits per heavy atom. The molecule has 0 aromatic carbocycles. The molecule has 1 amide bonds. The van der Waals surface area contributed by atoms with E-state index in [1.807, 2.05) is 13.8 Å². The molecule has 2 atom stereocenters. The molecule has 0 aromatic heterocycles. The van der Waals surface area contributed by atoms with Crippen molar-refractivity contribution in [1.29, 1.82) is 0 Å². The zero-order chi connectivity index (χ0) is 11.0. The maximum absolute atomic E-state index is 11.4. The van der Waals surface area contributed by atoms with Gasteiger partial charge in [0.15, 0.2) is 0 Å². The van der Waals surface area contributed by atoms with E-state index in [1.54, 1.807) is 0 Å². The molecule has 0 aromatic rings. The highest BCUT2D eigenvalue weighted by atomic mass is 35.5. The lowest BCUT2D eigenvalue weighted by Gasteiger charge is -2.11. The van der Waals surface area contributed by atoms with Gasteiger partial charge in [0.2, 0.25) is 5.91 Å². The highest BCUT2D eigenvalue weighted by molar-refractivity contribution is 6.20. The number of carbonyl (C=O) groups is 1. The van der Waals surface area contributed by atoms with Crippen LogP contribution >= 0.6 is 11.6 Å². The smallest absolute Gasteiger partial charge is 0.222 e. The second-order valence-electron chi connectivity index (χ2n) is 3.90. The van der Waals surface area contributed by atoms with E-state index in [0.717, 1.165) is 32.2 Å². The molecule has 3 heteroatoms. The molecule has 0 fully saturated rings. The number of hydrogen-bond donors (Lipinski definition) is 1. The molecule has 14 heavy (non-hydrogen) atoms. The predicted molar refractivity (Wildman–Crippen MR) is 61.6 cm³/mol. The number of amides is 1. The molecule has 1 N–H and O–H groups in total. The number of carbonyl (C=O) groups excluding carboxylic acids is 1. The van der Waals surface area contributed by atoms with Crippen LogP contribution in [0.2, 0.25) is 0 Å². The molecule has 84 valence electrons. The number of halogens is 1. The largest absolute Gasteiger partial charge is 0.356 e. The van der Waals surface area contributed by atoms with E-state index in [0.29, 0.717) is 0 Å². The van der Waals surface area contributed by atoms with Crippen molar-refractivity contribution < 1.29 is 4.79 Å². The minimum Gasteiger partial charge on any atom is -0.356 e. The maximum Gasteiger partial charge on any atom is 0.222 e. The van der Waals surface area contributed by atoms with E-state index in [2.05, 4.69) is 12.2 Å². The molecule has 0 rings (SSSR count). The summed E-state index contributed by atoms with van der Waals surface area (Å²) in [6.45, 7) is 6.80. The molecule has 0 spiro atoms. The minimum atomic E-state index is 0.147. The molecular weight excluding hydrogens is 198 g/mol. The molecule has 0 aliphatic heterocycles. The molecule has 2 unspecified atom stereocenters. The van der Waals surface area contributed by atoms with Gasteiger partial charge in [-0.05, 0) is 26.2 Å². The molecule has 0 aliphatic rings. The summed E-state index contributed by atoms with van der Waals surface area (Å²) >= 11 is 5.79. The van der Waals surface area contributed by atoms with Crippen LogP contribution in [-0.2, 0) is 4.79 Å². The summed E-state index contributed by atoms with van der Waals surface area (Å²) in [6.07, 6.45) is 3.96. The summed E-state index contributed by atoms with van der Waals surface area (Å²) in [4.78, 5) is 11.4. The zero-order valence-corrected chi connectivity index (χ0v) is 10.2. The van der Waals surface area contributed by atoms with Crippen LogP contribution in [0, 0.1) is 5.92 Å². The third-order valence-corrected chi connectivity index (χ3v) is 2.47. The number of hydrogen-bond acceptors (Lipinski definition) is 1. The molecule has 2 nitrogen and oxygen atoms in total. The summed E-state index contributed by atoms with van der Waals surface area (Å²) < 4.78 is 0. The lowest BCUT2D eigenvalue weighted by molar-refractivity contribution is -0.124. The number of rotatable bonds is 7. The van der Waals surface area contributed by atoms with Gasteiger partial charge < -0.3 is 5.32 Å². The van der Waals surface area contributed by atoms with Crippen molar-refractivity contribution in [3.8, 4) is 0 Å². The number of alkyl halides is 1. The summed E-state index contributed by atoms with van der Waals surface area (Å²) in [6, 6.07) is 0. The first-order valence-electron chi connectivity index (χ1n) is 5.49. The SMILES string of the molecule is CCCC(C)C(=O)NCCCC(C)Cl. The Morgan fingerprint density at radius 1 is 1.36 bits per heavy atom. The van der Waals surface area contributed by atoms with Gasteiger partial charge in [-0.1, -0.05) is 20.3 Å². The summed E-state index contributed by atoms with van der Waals surface area (Å²) in [5.41, 5.74) is 0.